The van der Waals surface area contributed by atoms with Crippen LogP contribution in [-0.2, 0) is 6.42 Å². The number of hydrogen-bond acceptors (Lipinski definition) is 5. The number of hydrogen-bond donors (Lipinski definition) is 1. The van der Waals surface area contributed by atoms with Crippen molar-refractivity contribution in [2.45, 2.75) is 32.7 Å². The highest BCUT2D eigenvalue weighted by Crippen LogP contribution is 2.28. The van der Waals surface area contributed by atoms with Gasteiger partial charge in [0.2, 0.25) is 10.1 Å². The molecule has 0 fully saturated rings. The van der Waals surface area contributed by atoms with Crippen molar-refractivity contribution < 1.29 is 4.39 Å². The van der Waals surface area contributed by atoms with Crippen LogP contribution in [0, 0.1) is 5.82 Å². The van der Waals surface area contributed by atoms with E-state index >= 15 is 0 Å². The largest absolute Gasteiger partial charge is 0.354 e. The molecule has 0 aliphatic carbocycles. The van der Waals surface area contributed by atoms with E-state index in [0.717, 1.165) is 24.1 Å². The molecule has 0 aliphatic rings. The third kappa shape index (κ3) is 3.42. The fourth-order valence-corrected chi connectivity index (χ4v) is 3.66. The van der Waals surface area contributed by atoms with Gasteiger partial charge in [0, 0.05) is 16.8 Å². The van der Waals surface area contributed by atoms with Crippen LogP contribution in [0.25, 0.3) is 4.96 Å². The molecule has 0 aliphatic heterocycles. The topological polar surface area (TPSA) is 59.3 Å². The highest BCUT2D eigenvalue weighted by Gasteiger charge is 2.14. The van der Waals surface area contributed by atoms with Crippen molar-refractivity contribution >= 4 is 33.0 Å². The predicted molar refractivity (Wildman–Crippen MR) is 94.6 cm³/mol. The van der Waals surface area contributed by atoms with Crippen molar-refractivity contribution in [2.24, 2.45) is 0 Å². The van der Waals surface area contributed by atoms with Crippen LogP contribution in [0.1, 0.15) is 37.6 Å². The van der Waals surface area contributed by atoms with Crippen molar-refractivity contribution in [3.63, 3.8) is 0 Å². The minimum absolute atomic E-state index is 0.190. The molecule has 0 saturated carbocycles. The number of rotatable bonds is 5. The van der Waals surface area contributed by atoms with E-state index in [0.29, 0.717) is 15.1 Å². The van der Waals surface area contributed by atoms with Gasteiger partial charge in [-0.3, -0.25) is 4.79 Å². The average Bonchev–Trinajstić information content (AvgIpc) is 2.90. The molecule has 1 aromatic carbocycles. The first-order chi connectivity index (χ1) is 11.5. The van der Waals surface area contributed by atoms with E-state index in [-0.39, 0.29) is 17.4 Å². The zero-order valence-corrected chi connectivity index (χ0v) is 14.8. The Balaban J connectivity index is 1.89. The second-order valence-electron chi connectivity index (χ2n) is 5.47. The van der Waals surface area contributed by atoms with Gasteiger partial charge in [-0.05, 0) is 31.0 Å². The first-order valence-corrected chi connectivity index (χ1v) is 8.78. The number of anilines is 1. The summed E-state index contributed by atoms with van der Waals surface area (Å²) in [6.45, 7) is 3.93. The second kappa shape index (κ2) is 6.86. The van der Waals surface area contributed by atoms with E-state index in [4.69, 9.17) is 11.6 Å². The summed E-state index contributed by atoms with van der Waals surface area (Å²) in [5.74, 6) is -0.379. The van der Waals surface area contributed by atoms with Crippen LogP contribution >= 0.6 is 22.9 Å². The Morgan fingerprint density at radius 1 is 1.42 bits per heavy atom. The van der Waals surface area contributed by atoms with Gasteiger partial charge in [-0.2, -0.15) is 4.52 Å². The van der Waals surface area contributed by atoms with Crippen molar-refractivity contribution in [3.05, 3.63) is 56.7 Å². The summed E-state index contributed by atoms with van der Waals surface area (Å²) < 4.78 is 14.4. The summed E-state index contributed by atoms with van der Waals surface area (Å²) in [5.41, 5.74) is 1.33. The molecule has 5 nitrogen and oxygen atoms in total. The Labute approximate surface area is 147 Å². The number of aromatic nitrogens is 3. The Bertz CT molecular complexity index is 939. The fraction of sp³-hybridized carbons (Fsp3) is 0.312. The Hall–Kier alpha value is -1.99. The Morgan fingerprint density at radius 3 is 2.92 bits per heavy atom. The Kier molecular flexibility index (Phi) is 4.82. The molecule has 1 N–H and O–H groups in total. The molecule has 3 aromatic rings. The number of nitrogens with zero attached hydrogens (tertiary/aromatic N) is 3. The third-order valence-electron chi connectivity index (χ3n) is 3.57. The number of aryl methyl sites for hydroxylation is 1. The normalized spacial score (nSPS) is 12.5. The van der Waals surface area contributed by atoms with E-state index < -0.39 is 0 Å². The van der Waals surface area contributed by atoms with Gasteiger partial charge in [-0.15, -0.1) is 5.10 Å². The lowest BCUT2D eigenvalue weighted by molar-refractivity contribution is 0.626. The maximum atomic E-state index is 13.2. The zero-order chi connectivity index (χ0) is 17.3. The van der Waals surface area contributed by atoms with Gasteiger partial charge in [-0.25, -0.2) is 9.37 Å². The number of fused-ring (bicyclic) bond motifs is 1. The van der Waals surface area contributed by atoms with Crippen molar-refractivity contribution in [3.8, 4) is 0 Å². The zero-order valence-electron chi connectivity index (χ0n) is 13.2. The lowest BCUT2D eigenvalue weighted by atomic mass is 10.1. The number of benzene rings is 1. The van der Waals surface area contributed by atoms with E-state index in [1.807, 2.05) is 13.8 Å². The van der Waals surface area contributed by atoms with Crippen LogP contribution in [0.15, 0.2) is 29.1 Å². The lowest BCUT2D eigenvalue weighted by Gasteiger charge is -2.14. The SMILES string of the molecule is CCCc1cc(=O)n2nc(NC(C)c3ccc(F)cc3Cl)sc2n1. The van der Waals surface area contributed by atoms with E-state index in [1.165, 1.54) is 34.1 Å². The molecular formula is C16H16ClFN4OS. The minimum atomic E-state index is -0.379. The molecule has 1 unspecified atom stereocenters. The maximum Gasteiger partial charge on any atom is 0.275 e. The van der Waals surface area contributed by atoms with Gasteiger partial charge in [0.15, 0.2) is 0 Å². The Morgan fingerprint density at radius 2 is 2.21 bits per heavy atom. The number of nitrogens with one attached hydrogen (secondary N) is 1. The van der Waals surface area contributed by atoms with Crippen LogP contribution in [-0.4, -0.2) is 14.6 Å². The smallest absolute Gasteiger partial charge is 0.275 e. The van der Waals surface area contributed by atoms with Crippen molar-refractivity contribution in [1.82, 2.24) is 14.6 Å². The standard InChI is InChI=1S/C16H16ClFN4OS/c1-3-4-11-8-14(23)22-16(20-11)24-15(21-22)19-9(2)12-6-5-10(18)7-13(12)17/h5-9H,3-4H2,1-2H3,(H,19,21). The summed E-state index contributed by atoms with van der Waals surface area (Å²) in [4.78, 5) is 17.1. The van der Waals surface area contributed by atoms with E-state index in [9.17, 15) is 9.18 Å². The highest BCUT2D eigenvalue weighted by molar-refractivity contribution is 7.20. The van der Waals surface area contributed by atoms with E-state index in [2.05, 4.69) is 15.4 Å². The van der Waals surface area contributed by atoms with Gasteiger partial charge >= 0.3 is 0 Å². The van der Waals surface area contributed by atoms with Crippen LogP contribution < -0.4 is 10.9 Å². The fourth-order valence-electron chi connectivity index (χ4n) is 2.41. The van der Waals surface area contributed by atoms with Crippen LogP contribution in [0.4, 0.5) is 9.52 Å². The van der Waals surface area contributed by atoms with E-state index in [1.54, 1.807) is 6.07 Å². The molecule has 1 atom stereocenters. The number of halogens is 2. The minimum Gasteiger partial charge on any atom is -0.354 e. The molecule has 126 valence electrons. The summed E-state index contributed by atoms with van der Waals surface area (Å²) in [7, 11) is 0. The van der Waals surface area contributed by atoms with Gasteiger partial charge in [0.1, 0.15) is 5.82 Å². The monoisotopic (exact) mass is 366 g/mol. The molecule has 2 aromatic heterocycles. The summed E-state index contributed by atoms with van der Waals surface area (Å²) in [6, 6.07) is 5.59. The lowest BCUT2D eigenvalue weighted by Crippen LogP contribution is -2.16. The molecular weight excluding hydrogens is 351 g/mol. The summed E-state index contributed by atoms with van der Waals surface area (Å²) in [6.07, 6.45) is 1.68. The molecule has 2 heterocycles. The molecule has 24 heavy (non-hydrogen) atoms. The van der Waals surface area contributed by atoms with Gasteiger partial charge in [0.25, 0.3) is 5.56 Å². The first-order valence-electron chi connectivity index (χ1n) is 7.59. The maximum absolute atomic E-state index is 13.2. The summed E-state index contributed by atoms with van der Waals surface area (Å²) in [5, 5.41) is 8.35. The molecule has 0 saturated heterocycles. The van der Waals surface area contributed by atoms with Gasteiger partial charge < -0.3 is 5.32 Å². The third-order valence-corrected chi connectivity index (χ3v) is 4.74. The second-order valence-corrected chi connectivity index (χ2v) is 6.83. The van der Waals surface area contributed by atoms with Crippen LogP contribution in [0.3, 0.4) is 0 Å². The molecule has 8 heteroatoms. The summed E-state index contributed by atoms with van der Waals surface area (Å²) >= 11 is 7.38. The van der Waals surface area contributed by atoms with Crippen molar-refractivity contribution in [2.75, 3.05) is 5.32 Å². The highest BCUT2D eigenvalue weighted by atomic mass is 35.5. The molecule has 0 amide bonds. The quantitative estimate of drug-likeness (QED) is 0.739. The average molecular weight is 367 g/mol. The van der Waals surface area contributed by atoms with Crippen LogP contribution in [0.5, 0.6) is 0 Å². The molecule has 0 spiro atoms. The molecule has 0 radical (unpaired) electrons. The van der Waals surface area contributed by atoms with Crippen LogP contribution in [0.2, 0.25) is 5.02 Å². The van der Waals surface area contributed by atoms with Gasteiger partial charge in [0.05, 0.1) is 6.04 Å². The molecule has 3 rings (SSSR count). The predicted octanol–water partition coefficient (Wildman–Crippen LogP) is 4.07. The molecule has 0 bridgehead atoms. The van der Waals surface area contributed by atoms with Gasteiger partial charge in [-0.1, -0.05) is 42.3 Å². The van der Waals surface area contributed by atoms with Crippen molar-refractivity contribution in [1.29, 1.82) is 0 Å². The first kappa shape index (κ1) is 16.9.